The van der Waals surface area contributed by atoms with E-state index in [1.807, 2.05) is 53.4 Å². The number of ether oxygens (including phenoxy) is 1. The fraction of sp³-hybridized carbons (Fsp3) is 0.333. The van der Waals surface area contributed by atoms with Crippen LogP contribution in [-0.4, -0.2) is 38.1 Å². The maximum atomic E-state index is 12.7. The van der Waals surface area contributed by atoms with E-state index in [2.05, 4.69) is 24.5 Å². The first kappa shape index (κ1) is 18.8. The molecule has 6 heteroatoms. The first-order valence-corrected chi connectivity index (χ1v) is 9.10. The van der Waals surface area contributed by atoms with E-state index >= 15 is 0 Å². The number of nitrogens with one attached hydrogen (secondary N) is 2. The molecule has 2 amide bonds. The van der Waals surface area contributed by atoms with Crippen molar-refractivity contribution in [3.05, 3.63) is 54.1 Å². The minimum absolute atomic E-state index is 0.129. The summed E-state index contributed by atoms with van der Waals surface area (Å²) < 4.78 is 5.78. The molecule has 0 aromatic heterocycles. The fourth-order valence-corrected chi connectivity index (χ4v) is 3.23. The molecule has 3 rings (SSSR count). The molecule has 6 nitrogen and oxygen atoms in total. The molecule has 1 aliphatic heterocycles. The van der Waals surface area contributed by atoms with Crippen LogP contribution in [0, 0.1) is 0 Å². The van der Waals surface area contributed by atoms with Crippen LogP contribution in [-0.2, 0) is 9.59 Å². The van der Waals surface area contributed by atoms with Crippen molar-refractivity contribution in [1.82, 2.24) is 5.32 Å². The number of fused-ring (bicyclic) bond motifs is 1. The molecule has 2 N–H and O–H groups in total. The van der Waals surface area contributed by atoms with Gasteiger partial charge in [-0.1, -0.05) is 44.2 Å². The SMILES string of the molecule is CNC(=O)[C@H]1CN(CC(=O)Nc2ccccc2C(C)C)c2ccccc2O1. The normalized spacial score (nSPS) is 15.7. The minimum Gasteiger partial charge on any atom is -0.477 e. The summed E-state index contributed by atoms with van der Waals surface area (Å²) in [5.41, 5.74) is 2.73. The van der Waals surface area contributed by atoms with Crippen molar-refractivity contribution in [2.24, 2.45) is 0 Å². The highest BCUT2D eigenvalue weighted by molar-refractivity contribution is 5.95. The number of hydrogen-bond acceptors (Lipinski definition) is 4. The van der Waals surface area contributed by atoms with Crippen LogP contribution in [0.4, 0.5) is 11.4 Å². The lowest BCUT2D eigenvalue weighted by molar-refractivity contribution is -0.127. The van der Waals surface area contributed by atoms with Crippen LogP contribution < -0.4 is 20.3 Å². The van der Waals surface area contributed by atoms with Crippen LogP contribution in [0.1, 0.15) is 25.3 Å². The van der Waals surface area contributed by atoms with Crippen LogP contribution in [0.3, 0.4) is 0 Å². The summed E-state index contributed by atoms with van der Waals surface area (Å²) in [5, 5.41) is 5.61. The fourth-order valence-electron chi connectivity index (χ4n) is 3.23. The number of likely N-dealkylation sites (N-methyl/N-ethyl adjacent to an activating group) is 1. The van der Waals surface area contributed by atoms with Crippen LogP contribution in [0.15, 0.2) is 48.5 Å². The number of anilines is 2. The Bertz CT molecular complexity index is 835. The van der Waals surface area contributed by atoms with Crippen molar-refractivity contribution in [3.63, 3.8) is 0 Å². The van der Waals surface area contributed by atoms with Gasteiger partial charge in [0.05, 0.1) is 18.8 Å². The van der Waals surface area contributed by atoms with Crippen molar-refractivity contribution in [2.45, 2.75) is 25.9 Å². The van der Waals surface area contributed by atoms with Crippen LogP contribution in [0.5, 0.6) is 5.75 Å². The van der Waals surface area contributed by atoms with Crippen molar-refractivity contribution < 1.29 is 14.3 Å². The zero-order valence-electron chi connectivity index (χ0n) is 15.9. The van der Waals surface area contributed by atoms with Gasteiger partial charge >= 0.3 is 0 Å². The third-order valence-electron chi connectivity index (χ3n) is 4.59. The molecule has 0 unspecified atom stereocenters. The highest BCUT2D eigenvalue weighted by Gasteiger charge is 2.31. The van der Waals surface area contributed by atoms with Crippen molar-refractivity contribution in [1.29, 1.82) is 0 Å². The zero-order valence-corrected chi connectivity index (χ0v) is 15.9. The van der Waals surface area contributed by atoms with E-state index in [0.29, 0.717) is 18.2 Å². The summed E-state index contributed by atoms with van der Waals surface area (Å²) in [4.78, 5) is 26.7. The largest absolute Gasteiger partial charge is 0.477 e. The molecule has 27 heavy (non-hydrogen) atoms. The maximum absolute atomic E-state index is 12.7. The van der Waals surface area contributed by atoms with E-state index in [9.17, 15) is 9.59 Å². The minimum atomic E-state index is -0.652. The van der Waals surface area contributed by atoms with Gasteiger partial charge < -0.3 is 20.3 Å². The van der Waals surface area contributed by atoms with Gasteiger partial charge in [0.2, 0.25) is 5.91 Å². The molecule has 0 fully saturated rings. The number of carbonyl (C=O) groups is 2. The van der Waals surface area contributed by atoms with Crippen LogP contribution in [0.25, 0.3) is 0 Å². The highest BCUT2D eigenvalue weighted by atomic mass is 16.5. The van der Waals surface area contributed by atoms with E-state index in [-0.39, 0.29) is 18.4 Å². The molecule has 1 atom stereocenters. The van der Waals surface area contributed by atoms with Crippen molar-refractivity contribution in [3.8, 4) is 5.75 Å². The van der Waals surface area contributed by atoms with Crippen molar-refractivity contribution in [2.75, 3.05) is 30.4 Å². The second-order valence-electron chi connectivity index (χ2n) is 6.86. The standard InChI is InChI=1S/C21H25N3O3/c1-14(2)15-8-4-5-9-16(15)23-20(25)13-24-12-19(21(26)22-3)27-18-11-7-6-10-17(18)24/h4-11,14,19H,12-13H2,1-3H3,(H,22,26)(H,23,25)/t19-/m1/s1. The highest BCUT2D eigenvalue weighted by Crippen LogP contribution is 2.33. The number of carbonyl (C=O) groups excluding carboxylic acids is 2. The summed E-state index contributed by atoms with van der Waals surface area (Å²) >= 11 is 0. The summed E-state index contributed by atoms with van der Waals surface area (Å²) in [5.74, 6) is 0.575. The Labute approximate surface area is 159 Å². The van der Waals surface area contributed by atoms with Gasteiger partial charge in [0.15, 0.2) is 6.10 Å². The number of para-hydroxylation sites is 3. The summed E-state index contributed by atoms with van der Waals surface area (Å²) in [6, 6.07) is 15.3. The quantitative estimate of drug-likeness (QED) is 0.853. The third-order valence-corrected chi connectivity index (χ3v) is 4.59. The van der Waals surface area contributed by atoms with Crippen LogP contribution in [0.2, 0.25) is 0 Å². The number of hydrogen-bond donors (Lipinski definition) is 2. The molecular formula is C21H25N3O3. The van der Waals surface area contributed by atoms with Gasteiger partial charge in [0.25, 0.3) is 5.91 Å². The molecule has 0 saturated heterocycles. The van der Waals surface area contributed by atoms with Gasteiger partial charge in [-0.3, -0.25) is 9.59 Å². The van der Waals surface area contributed by atoms with Gasteiger partial charge in [-0.15, -0.1) is 0 Å². The predicted molar refractivity (Wildman–Crippen MR) is 106 cm³/mol. The summed E-state index contributed by atoms with van der Waals surface area (Å²) in [6.45, 7) is 4.64. The number of benzene rings is 2. The van der Waals surface area contributed by atoms with Crippen LogP contribution >= 0.6 is 0 Å². The molecule has 2 aromatic carbocycles. The van der Waals surface area contributed by atoms with Gasteiger partial charge in [0.1, 0.15) is 5.75 Å². The molecular weight excluding hydrogens is 342 g/mol. The number of amides is 2. The first-order valence-electron chi connectivity index (χ1n) is 9.10. The summed E-state index contributed by atoms with van der Waals surface area (Å²) in [6.07, 6.45) is -0.652. The molecule has 1 aliphatic rings. The molecule has 0 radical (unpaired) electrons. The van der Waals surface area contributed by atoms with Gasteiger partial charge in [-0.05, 0) is 29.7 Å². The summed E-state index contributed by atoms with van der Waals surface area (Å²) in [7, 11) is 1.58. The predicted octanol–water partition coefficient (Wildman–Crippen LogP) is 2.76. The Morgan fingerprint density at radius 3 is 2.59 bits per heavy atom. The lowest BCUT2D eigenvalue weighted by atomic mass is 10.0. The van der Waals surface area contributed by atoms with E-state index in [4.69, 9.17) is 4.74 Å². The second kappa shape index (κ2) is 8.12. The van der Waals surface area contributed by atoms with Gasteiger partial charge in [-0.2, -0.15) is 0 Å². The zero-order chi connectivity index (χ0) is 19.4. The van der Waals surface area contributed by atoms with Crippen molar-refractivity contribution >= 4 is 23.2 Å². The van der Waals surface area contributed by atoms with E-state index in [0.717, 1.165) is 16.9 Å². The lowest BCUT2D eigenvalue weighted by Gasteiger charge is -2.35. The Kier molecular flexibility index (Phi) is 5.64. The third kappa shape index (κ3) is 4.22. The average Bonchev–Trinajstić information content (AvgIpc) is 2.67. The Hall–Kier alpha value is -3.02. The molecule has 0 aliphatic carbocycles. The molecule has 0 bridgehead atoms. The Morgan fingerprint density at radius 1 is 1.15 bits per heavy atom. The number of rotatable bonds is 5. The van der Waals surface area contributed by atoms with E-state index < -0.39 is 6.10 Å². The molecule has 0 spiro atoms. The van der Waals surface area contributed by atoms with Gasteiger partial charge in [0, 0.05) is 12.7 Å². The maximum Gasteiger partial charge on any atom is 0.262 e. The monoisotopic (exact) mass is 367 g/mol. The Balaban J connectivity index is 1.78. The first-order chi connectivity index (χ1) is 13.0. The van der Waals surface area contributed by atoms with Gasteiger partial charge in [-0.25, -0.2) is 0 Å². The van der Waals surface area contributed by atoms with E-state index in [1.54, 1.807) is 7.05 Å². The van der Waals surface area contributed by atoms with E-state index in [1.165, 1.54) is 0 Å². The second-order valence-corrected chi connectivity index (χ2v) is 6.86. The molecule has 142 valence electrons. The smallest absolute Gasteiger partial charge is 0.262 e. The number of nitrogens with zero attached hydrogens (tertiary/aromatic N) is 1. The Morgan fingerprint density at radius 2 is 1.85 bits per heavy atom. The molecule has 2 aromatic rings. The topological polar surface area (TPSA) is 70.7 Å². The molecule has 1 heterocycles. The average molecular weight is 367 g/mol. The molecule has 0 saturated carbocycles. The lowest BCUT2D eigenvalue weighted by Crippen LogP contribution is -2.50.